The van der Waals surface area contributed by atoms with Crippen molar-refractivity contribution in [1.82, 2.24) is 4.98 Å². The first-order valence-electron chi connectivity index (χ1n) is 10.2. The van der Waals surface area contributed by atoms with Crippen LogP contribution in [0.1, 0.15) is 30.0 Å². The van der Waals surface area contributed by atoms with Crippen LogP contribution in [-0.2, 0) is 34.1 Å². The maximum atomic E-state index is 12.4. The smallest absolute Gasteiger partial charge is 0.232 e. The number of thiazole rings is 1. The van der Waals surface area contributed by atoms with Crippen molar-refractivity contribution in [2.45, 2.75) is 39.2 Å². The van der Waals surface area contributed by atoms with E-state index in [1.165, 1.54) is 27.5 Å². The number of carbonyl (C=O) groups is 1. The molecule has 2 aromatic carbocycles. The third-order valence-electron chi connectivity index (χ3n) is 5.40. The molecule has 6 nitrogen and oxygen atoms in total. The minimum Gasteiger partial charge on any atom is -0.326 e. The summed E-state index contributed by atoms with van der Waals surface area (Å²) in [6, 6.07) is 13.5. The van der Waals surface area contributed by atoms with Gasteiger partial charge in [0.25, 0.3) is 0 Å². The fourth-order valence-corrected chi connectivity index (χ4v) is 6.02. The molecule has 1 aliphatic rings. The maximum absolute atomic E-state index is 12.4. The summed E-state index contributed by atoms with van der Waals surface area (Å²) in [7, 11) is -3.31. The topological polar surface area (TPSA) is 79.4 Å². The molecule has 162 valence electrons. The van der Waals surface area contributed by atoms with Crippen molar-refractivity contribution in [3.05, 3.63) is 64.0 Å². The summed E-state index contributed by atoms with van der Waals surface area (Å²) in [4.78, 5) is 17.0. The molecule has 0 saturated heterocycles. The Balaban J connectivity index is 1.46. The van der Waals surface area contributed by atoms with Crippen molar-refractivity contribution in [3.63, 3.8) is 0 Å². The van der Waals surface area contributed by atoms with Gasteiger partial charge in [-0.2, -0.15) is 0 Å². The Morgan fingerprint density at radius 1 is 1.23 bits per heavy atom. The lowest BCUT2D eigenvalue weighted by molar-refractivity contribution is -0.115. The van der Waals surface area contributed by atoms with Gasteiger partial charge in [0.2, 0.25) is 15.9 Å². The van der Waals surface area contributed by atoms with E-state index < -0.39 is 10.0 Å². The molecule has 0 aliphatic carbocycles. The van der Waals surface area contributed by atoms with Crippen molar-refractivity contribution in [2.75, 3.05) is 15.9 Å². The molecule has 1 unspecified atom stereocenters. The standard InChI is InChI=1S/C23H25N3O3S2/c1-4-16-5-8-19(9-6-16)24-22(27)13-23-25-20(14-30-23)17-7-10-21-18(12-17)11-15(2)26(21)31(3,28)29/h5-10,12,14-15H,4,11,13H2,1-3H3,(H,24,27). The molecule has 0 bridgehead atoms. The van der Waals surface area contributed by atoms with Crippen LogP contribution in [0.5, 0.6) is 0 Å². The number of anilines is 2. The molecule has 1 amide bonds. The number of nitrogens with one attached hydrogen (secondary N) is 1. The molecule has 1 N–H and O–H groups in total. The highest BCUT2D eigenvalue weighted by atomic mass is 32.2. The second kappa shape index (κ2) is 8.43. The fourth-order valence-electron chi connectivity index (χ4n) is 3.96. The number of aromatic nitrogens is 1. The number of hydrogen-bond donors (Lipinski definition) is 1. The van der Waals surface area contributed by atoms with Gasteiger partial charge in [-0.3, -0.25) is 9.10 Å². The van der Waals surface area contributed by atoms with Crippen LogP contribution in [0.15, 0.2) is 47.8 Å². The van der Waals surface area contributed by atoms with E-state index in [1.54, 1.807) is 0 Å². The lowest BCUT2D eigenvalue weighted by atomic mass is 10.1. The Hall–Kier alpha value is -2.71. The molecule has 1 aromatic heterocycles. The third kappa shape index (κ3) is 4.65. The zero-order valence-electron chi connectivity index (χ0n) is 17.8. The number of aryl methyl sites for hydroxylation is 1. The molecule has 0 radical (unpaired) electrons. The maximum Gasteiger partial charge on any atom is 0.232 e. The van der Waals surface area contributed by atoms with Crippen molar-refractivity contribution < 1.29 is 13.2 Å². The summed E-state index contributed by atoms with van der Waals surface area (Å²) in [6.07, 6.45) is 3.09. The van der Waals surface area contributed by atoms with Gasteiger partial charge in [-0.05, 0) is 55.2 Å². The first-order valence-corrected chi connectivity index (χ1v) is 12.9. The highest BCUT2D eigenvalue weighted by molar-refractivity contribution is 7.92. The predicted molar refractivity (Wildman–Crippen MR) is 126 cm³/mol. The normalized spacial score (nSPS) is 15.7. The van der Waals surface area contributed by atoms with E-state index in [0.29, 0.717) is 6.42 Å². The second-order valence-corrected chi connectivity index (χ2v) is 10.7. The molecular weight excluding hydrogens is 430 g/mol. The van der Waals surface area contributed by atoms with Gasteiger partial charge in [0.15, 0.2) is 0 Å². The van der Waals surface area contributed by atoms with E-state index in [-0.39, 0.29) is 18.4 Å². The minimum atomic E-state index is -3.31. The van der Waals surface area contributed by atoms with E-state index in [4.69, 9.17) is 0 Å². The van der Waals surface area contributed by atoms with E-state index in [2.05, 4.69) is 17.2 Å². The van der Waals surface area contributed by atoms with Gasteiger partial charge in [0.05, 0.1) is 24.1 Å². The second-order valence-electron chi connectivity index (χ2n) is 7.86. The molecular formula is C23H25N3O3S2. The highest BCUT2D eigenvalue weighted by Gasteiger charge is 2.32. The monoisotopic (exact) mass is 455 g/mol. The summed E-state index contributed by atoms with van der Waals surface area (Å²) in [5, 5.41) is 5.59. The Morgan fingerprint density at radius 3 is 2.65 bits per heavy atom. The number of rotatable bonds is 6. The van der Waals surface area contributed by atoms with Crippen LogP contribution in [0.4, 0.5) is 11.4 Å². The summed E-state index contributed by atoms with van der Waals surface area (Å²) in [6.45, 7) is 4.01. The molecule has 0 spiro atoms. The summed E-state index contributed by atoms with van der Waals surface area (Å²) in [5.74, 6) is -0.100. The number of carbonyl (C=O) groups excluding carboxylic acids is 1. The molecule has 2 heterocycles. The van der Waals surface area contributed by atoms with Gasteiger partial charge in [-0.15, -0.1) is 11.3 Å². The fraction of sp³-hybridized carbons (Fsp3) is 0.304. The van der Waals surface area contributed by atoms with Gasteiger partial charge in [0, 0.05) is 22.7 Å². The number of hydrogen-bond acceptors (Lipinski definition) is 5. The van der Waals surface area contributed by atoms with Crippen LogP contribution in [-0.4, -0.2) is 31.6 Å². The first-order chi connectivity index (χ1) is 14.7. The molecule has 8 heteroatoms. The first kappa shape index (κ1) is 21.5. The van der Waals surface area contributed by atoms with Crippen molar-refractivity contribution in [1.29, 1.82) is 0 Å². The molecule has 1 atom stereocenters. The zero-order chi connectivity index (χ0) is 22.2. The van der Waals surface area contributed by atoms with Crippen LogP contribution in [0.3, 0.4) is 0 Å². The summed E-state index contributed by atoms with van der Waals surface area (Å²) < 4.78 is 25.7. The molecule has 3 aromatic rings. The molecule has 1 aliphatic heterocycles. The van der Waals surface area contributed by atoms with E-state index in [0.717, 1.165) is 39.6 Å². The van der Waals surface area contributed by atoms with Crippen LogP contribution in [0, 0.1) is 0 Å². The number of amides is 1. The van der Waals surface area contributed by atoms with Crippen molar-refractivity contribution >= 4 is 38.6 Å². The number of benzene rings is 2. The van der Waals surface area contributed by atoms with Crippen LogP contribution in [0.25, 0.3) is 11.3 Å². The average Bonchev–Trinajstić information content (AvgIpc) is 3.30. The van der Waals surface area contributed by atoms with Crippen molar-refractivity contribution in [2.24, 2.45) is 0 Å². The van der Waals surface area contributed by atoms with Gasteiger partial charge >= 0.3 is 0 Å². The minimum absolute atomic E-state index is 0.0960. The van der Waals surface area contributed by atoms with Gasteiger partial charge < -0.3 is 5.32 Å². The molecule has 0 fully saturated rings. The van der Waals surface area contributed by atoms with E-state index >= 15 is 0 Å². The van der Waals surface area contributed by atoms with Gasteiger partial charge in [0.1, 0.15) is 5.01 Å². The third-order valence-corrected chi connectivity index (χ3v) is 7.52. The molecule has 0 saturated carbocycles. The lowest BCUT2D eigenvalue weighted by Crippen LogP contribution is -2.34. The van der Waals surface area contributed by atoms with Crippen LogP contribution < -0.4 is 9.62 Å². The number of fused-ring (bicyclic) bond motifs is 1. The zero-order valence-corrected chi connectivity index (χ0v) is 19.4. The highest BCUT2D eigenvalue weighted by Crippen LogP contribution is 2.37. The van der Waals surface area contributed by atoms with Crippen LogP contribution in [0.2, 0.25) is 0 Å². The van der Waals surface area contributed by atoms with Crippen molar-refractivity contribution in [3.8, 4) is 11.3 Å². The SMILES string of the molecule is CCc1ccc(NC(=O)Cc2nc(-c3ccc4c(c3)CC(C)N4S(C)(=O)=O)cs2)cc1. The molecule has 4 rings (SSSR count). The average molecular weight is 456 g/mol. The lowest BCUT2D eigenvalue weighted by Gasteiger charge is -2.21. The number of nitrogens with zero attached hydrogens (tertiary/aromatic N) is 2. The van der Waals surface area contributed by atoms with E-state index in [1.807, 2.05) is 54.8 Å². The Morgan fingerprint density at radius 2 is 1.97 bits per heavy atom. The quantitative estimate of drug-likeness (QED) is 0.602. The predicted octanol–water partition coefficient (Wildman–Crippen LogP) is 4.26. The molecule has 31 heavy (non-hydrogen) atoms. The van der Waals surface area contributed by atoms with Gasteiger partial charge in [-0.1, -0.05) is 25.1 Å². The Labute approximate surface area is 187 Å². The summed E-state index contributed by atoms with van der Waals surface area (Å²) in [5.41, 5.74) is 5.47. The van der Waals surface area contributed by atoms with Gasteiger partial charge in [-0.25, -0.2) is 13.4 Å². The Bertz CT molecular complexity index is 1220. The largest absolute Gasteiger partial charge is 0.326 e. The Kier molecular flexibility index (Phi) is 5.85. The summed E-state index contributed by atoms with van der Waals surface area (Å²) >= 11 is 1.45. The van der Waals surface area contributed by atoms with E-state index in [9.17, 15) is 13.2 Å². The number of sulfonamides is 1. The van der Waals surface area contributed by atoms with Crippen LogP contribution >= 0.6 is 11.3 Å².